The van der Waals surface area contributed by atoms with Gasteiger partial charge >= 0.3 is 0 Å². The van der Waals surface area contributed by atoms with Gasteiger partial charge in [-0.1, -0.05) is 26.8 Å². The Kier molecular flexibility index (Phi) is 3.60. The van der Waals surface area contributed by atoms with Gasteiger partial charge in [-0.15, -0.1) is 0 Å². The summed E-state index contributed by atoms with van der Waals surface area (Å²) in [6, 6.07) is 7.24. The molecule has 2 rings (SSSR count). The summed E-state index contributed by atoms with van der Waals surface area (Å²) in [6.07, 6.45) is 1.96. The summed E-state index contributed by atoms with van der Waals surface area (Å²) in [6.45, 7) is 5.59. The van der Waals surface area contributed by atoms with Crippen molar-refractivity contribution in [2.75, 3.05) is 10.6 Å². The lowest BCUT2D eigenvalue weighted by Crippen LogP contribution is -2.27. The average molecular weight is 260 g/mol. The fourth-order valence-corrected chi connectivity index (χ4v) is 1.58. The summed E-state index contributed by atoms with van der Waals surface area (Å²) >= 11 is 0. The topological polar surface area (TPSA) is 58.2 Å². The van der Waals surface area contributed by atoms with Crippen molar-refractivity contribution in [3.63, 3.8) is 0 Å². The molecule has 1 aliphatic carbocycles. The van der Waals surface area contributed by atoms with Gasteiger partial charge in [0.25, 0.3) is 0 Å². The number of anilines is 2. The maximum absolute atomic E-state index is 11.9. The molecule has 1 saturated carbocycles. The van der Waals surface area contributed by atoms with E-state index in [9.17, 15) is 9.59 Å². The molecule has 1 aromatic carbocycles. The molecule has 0 heterocycles. The number of rotatable bonds is 3. The van der Waals surface area contributed by atoms with Gasteiger partial charge in [0.05, 0.1) is 0 Å². The summed E-state index contributed by atoms with van der Waals surface area (Å²) in [5, 5.41) is 5.72. The molecule has 0 aliphatic heterocycles. The molecule has 4 nitrogen and oxygen atoms in total. The molecule has 0 atom stereocenters. The van der Waals surface area contributed by atoms with Crippen LogP contribution in [0.1, 0.15) is 33.6 Å². The summed E-state index contributed by atoms with van der Waals surface area (Å²) in [7, 11) is 0. The SMILES string of the molecule is CC(C)(C)C(=O)Nc1cccc(NC(=O)C2CC2)c1. The highest BCUT2D eigenvalue weighted by Crippen LogP contribution is 2.30. The molecule has 1 aliphatic rings. The molecular formula is C15H20N2O2. The number of hydrogen-bond donors (Lipinski definition) is 2. The summed E-state index contributed by atoms with van der Waals surface area (Å²) in [4.78, 5) is 23.6. The largest absolute Gasteiger partial charge is 0.326 e. The molecule has 0 unspecified atom stereocenters. The minimum Gasteiger partial charge on any atom is -0.326 e. The molecule has 102 valence electrons. The predicted octanol–water partition coefficient (Wildman–Crippen LogP) is 3.02. The Bertz CT molecular complexity index is 499. The summed E-state index contributed by atoms with van der Waals surface area (Å²) in [5.74, 6) is 0.199. The van der Waals surface area contributed by atoms with Crippen molar-refractivity contribution in [2.24, 2.45) is 11.3 Å². The van der Waals surface area contributed by atoms with Crippen molar-refractivity contribution >= 4 is 23.2 Å². The van der Waals surface area contributed by atoms with Crippen LogP contribution in [0.3, 0.4) is 0 Å². The van der Waals surface area contributed by atoms with Crippen molar-refractivity contribution in [1.82, 2.24) is 0 Å². The number of amides is 2. The molecule has 0 aromatic heterocycles. The van der Waals surface area contributed by atoms with Crippen molar-refractivity contribution in [1.29, 1.82) is 0 Å². The van der Waals surface area contributed by atoms with E-state index in [2.05, 4.69) is 10.6 Å². The van der Waals surface area contributed by atoms with Gasteiger partial charge in [-0.2, -0.15) is 0 Å². The van der Waals surface area contributed by atoms with Crippen LogP contribution in [-0.2, 0) is 9.59 Å². The zero-order valence-corrected chi connectivity index (χ0v) is 11.6. The van der Waals surface area contributed by atoms with Crippen LogP contribution in [-0.4, -0.2) is 11.8 Å². The molecule has 0 saturated heterocycles. The molecule has 1 aromatic rings. The highest BCUT2D eigenvalue weighted by Gasteiger charge is 2.29. The minimum atomic E-state index is -0.437. The van der Waals surface area contributed by atoms with E-state index in [1.165, 1.54) is 0 Å². The molecule has 0 bridgehead atoms. The predicted molar refractivity (Wildman–Crippen MR) is 75.9 cm³/mol. The molecule has 2 amide bonds. The van der Waals surface area contributed by atoms with Crippen molar-refractivity contribution < 1.29 is 9.59 Å². The van der Waals surface area contributed by atoms with E-state index in [0.717, 1.165) is 18.5 Å². The van der Waals surface area contributed by atoms with Crippen LogP contribution in [0, 0.1) is 11.3 Å². The van der Waals surface area contributed by atoms with E-state index in [0.29, 0.717) is 5.69 Å². The number of carbonyl (C=O) groups excluding carboxylic acids is 2. The maximum Gasteiger partial charge on any atom is 0.229 e. The monoisotopic (exact) mass is 260 g/mol. The first-order valence-electron chi connectivity index (χ1n) is 6.58. The standard InChI is InChI=1S/C15H20N2O2/c1-15(2,3)14(19)17-12-6-4-5-11(9-12)16-13(18)10-7-8-10/h4-6,9-10H,7-8H2,1-3H3,(H,16,18)(H,17,19). The van der Waals surface area contributed by atoms with E-state index < -0.39 is 5.41 Å². The van der Waals surface area contributed by atoms with Crippen molar-refractivity contribution in [2.45, 2.75) is 33.6 Å². The Morgan fingerprint density at radius 1 is 1.11 bits per heavy atom. The fourth-order valence-electron chi connectivity index (χ4n) is 1.58. The van der Waals surface area contributed by atoms with E-state index >= 15 is 0 Å². The van der Waals surface area contributed by atoms with E-state index in [1.807, 2.05) is 39.0 Å². The van der Waals surface area contributed by atoms with Gasteiger partial charge < -0.3 is 10.6 Å². The van der Waals surface area contributed by atoms with Gasteiger partial charge in [0.15, 0.2) is 0 Å². The number of nitrogens with one attached hydrogen (secondary N) is 2. The molecule has 4 heteroatoms. The zero-order valence-electron chi connectivity index (χ0n) is 11.6. The second kappa shape index (κ2) is 5.03. The van der Waals surface area contributed by atoms with Crippen molar-refractivity contribution in [3.8, 4) is 0 Å². The first kappa shape index (κ1) is 13.6. The van der Waals surface area contributed by atoms with E-state index in [1.54, 1.807) is 6.07 Å². The van der Waals surface area contributed by atoms with Crippen LogP contribution in [0.5, 0.6) is 0 Å². The summed E-state index contributed by atoms with van der Waals surface area (Å²) < 4.78 is 0. The number of carbonyl (C=O) groups is 2. The normalized spacial score (nSPS) is 14.9. The summed E-state index contributed by atoms with van der Waals surface area (Å²) in [5.41, 5.74) is 0.991. The Hall–Kier alpha value is -1.84. The number of benzene rings is 1. The molecule has 19 heavy (non-hydrogen) atoms. The smallest absolute Gasteiger partial charge is 0.229 e. The van der Waals surface area contributed by atoms with Crippen LogP contribution in [0.15, 0.2) is 24.3 Å². The second-order valence-electron chi connectivity index (χ2n) is 6.05. The third-order valence-electron chi connectivity index (χ3n) is 3.02. The molecule has 1 fully saturated rings. The third-order valence-corrected chi connectivity index (χ3v) is 3.02. The Balaban J connectivity index is 2.02. The van der Waals surface area contributed by atoms with E-state index in [4.69, 9.17) is 0 Å². The van der Waals surface area contributed by atoms with Gasteiger partial charge in [0, 0.05) is 22.7 Å². The molecule has 0 radical (unpaired) electrons. The Labute approximate surface area is 113 Å². The van der Waals surface area contributed by atoms with Crippen LogP contribution in [0.25, 0.3) is 0 Å². The molecule has 0 spiro atoms. The van der Waals surface area contributed by atoms with Gasteiger partial charge in [-0.25, -0.2) is 0 Å². The highest BCUT2D eigenvalue weighted by molar-refractivity contribution is 5.97. The average Bonchev–Trinajstić information content (AvgIpc) is 3.11. The van der Waals surface area contributed by atoms with Gasteiger partial charge in [0.2, 0.25) is 11.8 Å². The minimum absolute atomic E-state index is 0.0434. The lowest BCUT2D eigenvalue weighted by Gasteiger charge is -2.18. The van der Waals surface area contributed by atoms with E-state index in [-0.39, 0.29) is 17.7 Å². The highest BCUT2D eigenvalue weighted by atomic mass is 16.2. The molecule has 2 N–H and O–H groups in total. The molecular weight excluding hydrogens is 240 g/mol. The van der Waals surface area contributed by atoms with Gasteiger partial charge in [-0.3, -0.25) is 9.59 Å². The van der Waals surface area contributed by atoms with Gasteiger partial charge in [-0.05, 0) is 31.0 Å². The fraction of sp³-hybridized carbons (Fsp3) is 0.467. The third kappa shape index (κ3) is 3.81. The van der Waals surface area contributed by atoms with Crippen LogP contribution in [0.2, 0.25) is 0 Å². The number of hydrogen-bond acceptors (Lipinski definition) is 2. The lowest BCUT2D eigenvalue weighted by molar-refractivity contribution is -0.123. The Morgan fingerprint density at radius 3 is 2.21 bits per heavy atom. The first-order chi connectivity index (χ1) is 8.86. The second-order valence-corrected chi connectivity index (χ2v) is 6.05. The zero-order chi connectivity index (χ0) is 14.0. The first-order valence-corrected chi connectivity index (χ1v) is 6.58. The van der Waals surface area contributed by atoms with Crippen LogP contribution >= 0.6 is 0 Å². The van der Waals surface area contributed by atoms with Crippen LogP contribution < -0.4 is 10.6 Å². The quantitative estimate of drug-likeness (QED) is 0.877. The maximum atomic E-state index is 11.9. The van der Waals surface area contributed by atoms with Crippen LogP contribution in [0.4, 0.5) is 11.4 Å². The van der Waals surface area contributed by atoms with Crippen molar-refractivity contribution in [3.05, 3.63) is 24.3 Å². The lowest BCUT2D eigenvalue weighted by atomic mass is 9.95. The van der Waals surface area contributed by atoms with Gasteiger partial charge in [0.1, 0.15) is 0 Å². The Morgan fingerprint density at radius 2 is 1.68 bits per heavy atom.